The fourth-order valence-corrected chi connectivity index (χ4v) is 1.36. The number of aldehydes is 1. The van der Waals surface area contributed by atoms with Crippen molar-refractivity contribution < 1.29 is 9.59 Å². The van der Waals surface area contributed by atoms with E-state index in [1.54, 1.807) is 6.29 Å². The number of benzene rings is 1. The molecule has 1 radical (unpaired) electrons. The summed E-state index contributed by atoms with van der Waals surface area (Å²) in [5.74, 6) is -0.751. The summed E-state index contributed by atoms with van der Waals surface area (Å²) in [7, 11) is 0. The van der Waals surface area contributed by atoms with Crippen molar-refractivity contribution in [2.45, 2.75) is 32.1 Å². The van der Waals surface area contributed by atoms with E-state index in [9.17, 15) is 9.59 Å². The first-order valence-corrected chi connectivity index (χ1v) is 4.92. The molecule has 0 aliphatic heterocycles. The second-order valence-electron chi connectivity index (χ2n) is 4.60. The van der Waals surface area contributed by atoms with Crippen molar-refractivity contribution in [2.24, 2.45) is 0 Å². The van der Waals surface area contributed by atoms with Gasteiger partial charge < -0.3 is 4.79 Å². The average Bonchev–Trinajstić information content (AvgIpc) is 2.19. The molecule has 1 unspecified atom stereocenters. The molecule has 0 saturated carbocycles. The Morgan fingerprint density at radius 2 is 1.73 bits per heavy atom. The molecule has 1 aromatic rings. The minimum atomic E-state index is -0.751. The molecule has 0 aliphatic carbocycles. The van der Waals surface area contributed by atoms with Gasteiger partial charge in [0.2, 0.25) is 6.29 Å². The summed E-state index contributed by atoms with van der Waals surface area (Å²) in [4.78, 5) is 21.0. The lowest BCUT2D eigenvalue weighted by Crippen LogP contribution is -2.11. The summed E-state index contributed by atoms with van der Waals surface area (Å²) in [5, 5.41) is 0. The molecule has 0 saturated heterocycles. The van der Waals surface area contributed by atoms with Crippen LogP contribution < -0.4 is 0 Å². The molecular weight excluding hydrogens is 188 g/mol. The summed E-state index contributed by atoms with van der Waals surface area (Å²) >= 11 is 0. The molecule has 1 rings (SSSR count). The Kier molecular flexibility index (Phi) is 3.40. The molecule has 2 heteroatoms. The minimum absolute atomic E-state index is 0.0834. The van der Waals surface area contributed by atoms with Crippen LogP contribution in [0.5, 0.6) is 0 Å². The van der Waals surface area contributed by atoms with Gasteiger partial charge in [-0.3, -0.25) is 4.79 Å². The second-order valence-corrected chi connectivity index (χ2v) is 4.60. The molecule has 1 atom stereocenters. The first kappa shape index (κ1) is 11.6. The van der Waals surface area contributed by atoms with Crippen molar-refractivity contribution >= 4 is 12.6 Å². The van der Waals surface area contributed by atoms with Gasteiger partial charge in [-0.2, -0.15) is 0 Å². The summed E-state index contributed by atoms with van der Waals surface area (Å²) < 4.78 is 0. The Morgan fingerprint density at radius 1 is 1.20 bits per heavy atom. The van der Waals surface area contributed by atoms with Crippen LogP contribution in [0.15, 0.2) is 24.3 Å². The van der Waals surface area contributed by atoms with Gasteiger partial charge in [0, 0.05) is 0 Å². The smallest absolute Gasteiger partial charge is 0.214 e. The number of rotatable bonds is 3. The summed E-state index contributed by atoms with van der Waals surface area (Å²) in [6, 6.07) is 7.52. The zero-order valence-electron chi connectivity index (χ0n) is 9.28. The number of carbonyl (C=O) groups excluding carboxylic acids is 2. The highest BCUT2D eigenvalue weighted by Crippen LogP contribution is 2.23. The van der Waals surface area contributed by atoms with Gasteiger partial charge in [0.25, 0.3) is 0 Å². The van der Waals surface area contributed by atoms with Gasteiger partial charge in [0.05, 0.1) is 0 Å². The van der Waals surface area contributed by atoms with E-state index in [0.29, 0.717) is 11.8 Å². The molecule has 0 heterocycles. The number of hydrogen-bond donors (Lipinski definition) is 0. The van der Waals surface area contributed by atoms with Crippen LogP contribution in [0, 0.1) is 0 Å². The third-order valence-corrected chi connectivity index (χ3v) is 2.40. The van der Waals surface area contributed by atoms with Crippen LogP contribution in [-0.4, -0.2) is 12.6 Å². The normalized spacial score (nSPS) is 11.5. The van der Waals surface area contributed by atoms with Crippen LogP contribution in [0.1, 0.15) is 37.8 Å². The molecule has 0 fully saturated rings. The highest BCUT2D eigenvalue weighted by molar-refractivity contribution is 5.85. The zero-order chi connectivity index (χ0) is 11.5. The van der Waals surface area contributed by atoms with Crippen LogP contribution in [0.2, 0.25) is 0 Å². The molecule has 79 valence electrons. The van der Waals surface area contributed by atoms with E-state index >= 15 is 0 Å². The molecule has 2 nitrogen and oxygen atoms in total. The van der Waals surface area contributed by atoms with Crippen molar-refractivity contribution in [3.63, 3.8) is 0 Å². The van der Waals surface area contributed by atoms with E-state index in [-0.39, 0.29) is 5.41 Å². The third-order valence-electron chi connectivity index (χ3n) is 2.40. The van der Waals surface area contributed by atoms with E-state index in [4.69, 9.17) is 0 Å². The van der Waals surface area contributed by atoms with Crippen LogP contribution in [0.4, 0.5) is 0 Å². The minimum Gasteiger partial charge on any atom is -0.302 e. The topological polar surface area (TPSA) is 34.1 Å². The Balaban J connectivity index is 2.99. The molecule has 1 aromatic carbocycles. The zero-order valence-corrected chi connectivity index (χ0v) is 9.28. The molecule has 0 aliphatic rings. The van der Waals surface area contributed by atoms with Gasteiger partial charge in [-0.25, -0.2) is 0 Å². The lowest BCUT2D eigenvalue weighted by molar-refractivity contribution is -0.107. The predicted molar refractivity (Wildman–Crippen MR) is 59.6 cm³/mol. The fourth-order valence-electron chi connectivity index (χ4n) is 1.36. The van der Waals surface area contributed by atoms with Crippen molar-refractivity contribution in [3.05, 3.63) is 35.4 Å². The van der Waals surface area contributed by atoms with Crippen molar-refractivity contribution in [1.29, 1.82) is 0 Å². The van der Waals surface area contributed by atoms with Gasteiger partial charge in [0.1, 0.15) is 12.2 Å². The highest BCUT2D eigenvalue weighted by atomic mass is 16.1. The molecule has 0 bridgehead atoms. The van der Waals surface area contributed by atoms with E-state index in [1.807, 2.05) is 24.3 Å². The summed E-state index contributed by atoms with van der Waals surface area (Å²) in [6.45, 7) is 6.35. The van der Waals surface area contributed by atoms with Crippen LogP contribution in [-0.2, 0) is 15.0 Å². The molecule has 15 heavy (non-hydrogen) atoms. The Hall–Kier alpha value is -1.44. The highest BCUT2D eigenvalue weighted by Gasteiger charge is 2.15. The Bertz CT molecular complexity index is 336. The lowest BCUT2D eigenvalue weighted by Gasteiger charge is -2.19. The van der Waals surface area contributed by atoms with Gasteiger partial charge in [-0.1, -0.05) is 45.0 Å². The van der Waals surface area contributed by atoms with Crippen LogP contribution in [0.25, 0.3) is 0 Å². The van der Waals surface area contributed by atoms with Gasteiger partial charge in [-0.15, -0.1) is 0 Å². The first-order valence-electron chi connectivity index (χ1n) is 4.92. The Labute approximate surface area is 90.3 Å². The van der Waals surface area contributed by atoms with Gasteiger partial charge >= 0.3 is 0 Å². The van der Waals surface area contributed by atoms with Crippen LogP contribution >= 0.6 is 0 Å². The van der Waals surface area contributed by atoms with Gasteiger partial charge in [0.15, 0.2) is 0 Å². The molecule has 0 spiro atoms. The first-order chi connectivity index (χ1) is 6.99. The molecular formula is C13H15O2. The van der Waals surface area contributed by atoms with Crippen molar-refractivity contribution in [3.8, 4) is 0 Å². The van der Waals surface area contributed by atoms with Gasteiger partial charge in [-0.05, 0) is 16.5 Å². The van der Waals surface area contributed by atoms with Crippen molar-refractivity contribution in [1.82, 2.24) is 0 Å². The van der Waals surface area contributed by atoms with E-state index in [0.717, 1.165) is 0 Å². The lowest BCUT2D eigenvalue weighted by atomic mass is 9.86. The molecule has 0 amide bonds. The molecule has 0 N–H and O–H groups in total. The quantitative estimate of drug-likeness (QED) is 0.558. The SMILES string of the molecule is CC(C)(C)c1ccc(C([C]=O)C=O)cc1. The summed E-state index contributed by atoms with van der Waals surface area (Å²) in [5.41, 5.74) is 1.97. The maximum Gasteiger partial charge on any atom is 0.214 e. The number of hydrogen-bond acceptors (Lipinski definition) is 2. The third kappa shape index (κ3) is 2.75. The largest absolute Gasteiger partial charge is 0.302 e. The number of carbonyl (C=O) groups is 1. The van der Waals surface area contributed by atoms with E-state index < -0.39 is 5.92 Å². The molecule has 0 aromatic heterocycles. The van der Waals surface area contributed by atoms with Crippen LogP contribution in [0.3, 0.4) is 0 Å². The van der Waals surface area contributed by atoms with E-state index in [2.05, 4.69) is 20.8 Å². The van der Waals surface area contributed by atoms with Crippen molar-refractivity contribution in [2.75, 3.05) is 0 Å². The maximum atomic E-state index is 10.6. The Morgan fingerprint density at radius 3 is 2.07 bits per heavy atom. The second kappa shape index (κ2) is 4.39. The average molecular weight is 203 g/mol. The predicted octanol–water partition coefficient (Wildman–Crippen LogP) is 2.38. The summed E-state index contributed by atoms with van der Waals surface area (Å²) in [6.07, 6.45) is 2.32. The fraction of sp³-hybridized carbons (Fsp3) is 0.385. The monoisotopic (exact) mass is 203 g/mol. The maximum absolute atomic E-state index is 10.6. The van der Waals surface area contributed by atoms with E-state index in [1.165, 1.54) is 5.56 Å². The standard InChI is InChI=1S/C13H15O2/c1-13(2,3)12-6-4-10(5-7-12)11(8-14)9-15/h4-8,11H,1-3H3.